The number of carbonyl (C=O) groups is 1. The Balaban J connectivity index is 1.73. The molecule has 29 heavy (non-hydrogen) atoms. The van der Waals surface area contributed by atoms with Gasteiger partial charge in [0, 0.05) is 11.1 Å². The van der Waals surface area contributed by atoms with Gasteiger partial charge in [-0.05, 0) is 80.6 Å². The fraction of sp³-hybridized carbons (Fsp3) is 0.348. The van der Waals surface area contributed by atoms with E-state index in [0.717, 1.165) is 29.2 Å². The smallest absolute Gasteiger partial charge is 0.257 e. The van der Waals surface area contributed by atoms with E-state index in [0.29, 0.717) is 17.3 Å². The first kappa shape index (κ1) is 21.0. The minimum Gasteiger partial charge on any atom is -0.494 e. The van der Waals surface area contributed by atoms with Crippen molar-refractivity contribution >= 4 is 22.4 Å². The van der Waals surface area contributed by atoms with Gasteiger partial charge in [-0.2, -0.15) is 0 Å². The highest BCUT2D eigenvalue weighted by molar-refractivity contribution is 7.18. The lowest BCUT2D eigenvalue weighted by atomic mass is 9.95. The van der Waals surface area contributed by atoms with Crippen LogP contribution in [-0.2, 0) is 0 Å². The SMILES string of the molecule is CCCCOc1ccc(C(=O)Nc2nnc(-c3c(C)c(C)cc(C)c3C)s2)cc1. The minimum atomic E-state index is -0.207. The van der Waals surface area contributed by atoms with Gasteiger partial charge in [-0.15, -0.1) is 10.2 Å². The monoisotopic (exact) mass is 409 g/mol. The molecule has 2 aromatic carbocycles. The molecule has 0 bridgehead atoms. The molecule has 0 spiro atoms. The Kier molecular flexibility index (Phi) is 6.64. The summed E-state index contributed by atoms with van der Waals surface area (Å²) < 4.78 is 5.64. The molecule has 0 aliphatic rings. The highest BCUT2D eigenvalue weighted by atomic mass is 32.1. The summed E-state index contributed by atoms with van der Waals surface area (Å²) in [6.07, 6.45) is 2.10. The van der Waals surface area contributed by atoms with Crippen LogP contribution in [0.5, 0.6) is 5.75 Å². The number of aromatic nitrogens is 2. The lowest BCUT2D eigenvalue weighted by molar-refractivity contribution is 0.102. The van der Waals surface area contributed by atoms with E-state index in [1.807, 2.05) is 12.1 Å². The molecular weight excluding hydrogens is 382 g/mol. The summed E-state index contributed by atoms with van der Waals surface area (Å²) in [5.74, 6) is 0.565. The third-order valence-electron chi connectivity index (χ3n) is 5.11. The van der Waals surface area contributed by atoms with Crippen molar-refractivity contribution in [2.45, 2.75) is 47.5 Å². The Morgan fingerprint density at radius 1 is 1.03 bits per heavy atom. The molecule has 0 fully saturated rings. The zero-order valence-electron chi connectivity index (χ0n) is 17.6. The summed E-state index contributed by atoms with van der Waals surface area (Å²) >= 11 is 1.39. The Labute approximate surface area is 176 Å². The van der Waals surface area contributed by atoms with Crippen LogP contribution in [-0.4, -0.2) is 22.7 Å². The summed E-state index contributed by atoms with van der Waals surface area (Å²) in [5, 5.41) is 12.7. The fourth-order valence-corrected chi connectivity index (χ4v) is 4.02. The van der Waals surface area contributed by atoms with Gasteiger partial charge < -0.3 is 4.74 Å². The van der Waals surface area contributed by atoms with E-state index in [1.165, 1.54) is 33.6 Å². The zero-order chi connectivity index (χ0) is 21.0. The number of aryl methyl sites for hydroxylation is 2. The molecule has 1 N–H and O–H groups in total. The van der Waals surface area contributed by atoms with Crippen molar-refractivity contribution in [2.75, 3.05) is 11.9 Å². The van der Waals surface area contributed by atoms with Gasteiger partial charge in [0.05, 0.1) is 6.61 Å². The fourth-order valence-electron chi connectivity index (χ4n) is 3.12. The molecule has 0 radical (unpaired) electrons. The quantitative estimate of drug-likeness (QED) is 0.496. The Morgan fingerprint density at radius 2 is 1.69 bits per heavy atom. The normalized spacial score (nSPS) is 10.8. The van der Waals surface area contributed by atoms with Crippen molar-refractivity contribution in [1.29, 1.82) is 0 Å². The van der Waals surface area contributed by atoms with E-state index in [1.54, 1.807) is 12.1 Å². The van der Waals surface area contributed by atoms with Gasteiger partial charge >= 0.3 is 0 Å². The molecule has 152 valence electrons. The van der Waals surface area contributed by atoms with Gasteiger partial charge in [-0.3, -0.25) is 10.1 Å². The average molecular weight is 410 g/mol. The number of carbonyl (C=O) groups excluding carboxylic acids is 1. The summed E-state index contributed by atoms with van der Waals surface area (Å²) in [5.41, 5.74) is 6.51. The van der Waals surface area contributed by atoms with E-state index in [2.05, 4.69) is 56.2 Å². The van der Waals surface area contributed by atoms with Gasteiger partial charge in [0.1, 0.15) is 10.8 Å². The van der Waals surface area contributed by atoms with Gasteiger partial charge in [-0.25, -0.2) is 0 Å². The van der Waals surface area contributed by atoms with Crippen molar-refractivity contribution in [3.05, 3.63) is 58.1 Å². The maximum Gasteiger partial charge on any atom is 0.257 e. The molecule has 0 aliphatic carbocycles. The van der Waals surface area contributed by atoms with Gasteiger partial charge in [0.25, 0.3) is 5.91 Å². The van der Waals surface area contributed by atoms with Crippen LogP contribution >= 0.6 is 11.3 Å². The molecule has 5 nitrogen and oxygen atoms in total. The van der Waals surface area contributed by atoms with Crippen molar-refractivity contribution in [3.8, 4) is 16.3 Å². The van der Waals surface area contributed by atoms with E-state index in [9.17, 15) is 4.79 Å². The third kappa shape index (κ3) is 4.82. The molecule has 0 unspecified atom stereocenters. The van der Waals surface area contributed by atoms with Crippen LogP contribution in [0.4, 0.5) is 5.13 Å². The summed E-state index contributed by atoms with van der Waals surface area (Å²) in [6.45, 7) is 11.2. The summed E-state index contributed by atoms with van der Waals surface area (Å²) in [4.78, 5) is 12.6. The lowest BCUT2D eigenvalue weighted by Gasteiger charge is -2.12. The summed E-state index contributed by atoms with van der Waals surface area (Å²) in [6, 6.07) is 9.34. The number of anilines is 1. The predicted octanol–water partition coefficient (Wildman–Crippen LogP) is 5.87. The van der Waals surface area contributed by atoms with Gasteiger partial charge in [0.15, 0.2) is 0 Å². The van der Waals surface area contributed by atoms with Crippen molar-refractivity contribution < 1.29 is 9.53 Å². The molecule has 1 amide bonds. The number of hydrogen-bond donors (Lipinski definition) is 1. The highest BCUT2D eigenvalue weighted by Gasteiger charge is 2.16. The molecule has 0 atom stereocenters. The Morgan fingerprint density at radius 3 is 2.31 bits per heavy atom. The van der Waals surface area contributed by atoms with Crippen molar-refractivity contribution in [1.82, 2.24) is 10.2 Å². The standard InChI is InChI=1S/C23H27N3O2S/c1-6-7-12-28-19-10-8-18(9-11-19)21(27)24-23-26-25-22(29-23)20-16(4)14(2)13-15(3)17(20)5/h8-11,13H,6-7,12H2,1-5H3,(H,24,26,27). The highest BCUT2D eigenvalue weighted by Crippen LogP contribution is 2.34. The summed E-state index contributed by atoms with van der Waals surface area (Å²) in [7, 11) is 0. The first-order valence-corrected chi connectivity index (χ1v) is 10.7. The number of hydrogen-bond acceptors (Lipinski definition) is 5. The van der Waals surface area contributed by atoms with E-state index >= 15 is 0 Å². The van der Waals surface area contributed by atoms with Crippen LogP contribution in [0, 0.1) is 27.7 Å². The second kappa shape index (κ2) is 9.18. The maximum atomic E-state index is 12.6. The number of unbranched alkanes of at least 4 members (excludes halogenated alkanes) is 1. The zero-order valence-corrected chi connectivity index (χ0v) is 18.4. The largest absolute Gasteiger partial charge is 0.494 e. The maximum absolute atomic E-state index is 12.6. The van der Waals surface area contributed by atoms with Crippen LogP contribution in [0.1, 0.15) is 52.4 Å². The molecule has 3 aromatic rings. The van der Waals surface area contributed by atoms with Crippen molar-refractivity contribution in [3.63, 3.8) is 0 Å². The molecule has 1 heterocycles. The number of rotatable bonds is 7. The third-order valence-corrected chi connectivity index (χ3v) is 5.96. The minimum absolute atomic E-state index is 0.207. The second-order valence-electron chi connectivity index (χ2n) is 7.23. The molecule has 1 aromatic heterocycles. The number of ether oxygens (including phenoxy) is 1. The number of benzene rings is 2. The molecule has 6 heteroatoms. The molecular formula is C23H27N3O2S. The first-order valence-electron chi connectivity index (χ1n) is 9.86. The van der Waals surface area contributed by atoms with Gasteiger partial charge in [0.2, 0.25) is 5.13 Å². The number of nitrogens with one attached hydrogen (secondary N) is 1. The lowest BCUT2D eigenvalue weighted by Crippen LogP contribution is -2.11. The number of amides is 1. The van der Waals surface area contributed by atoms with Crippen LogP contribution in [0.25, 0.3) is 10.6 Å². The Bertz CT molecular complexity index is 983. The molecule has 3 rings (SSSR count). The topological polar surface area (TPSA) is 64.1 Å². The van der Waals surface area contributed by atoms with Crippen LogP contribution < -0.4 is 10.1 Å². The van der Waals surface area contributed by atoms with Gasteiger partial charge in [-0.1, -0.05) is 30.7 Å². The molecule has 0 aliphatic heterocycles. The molecule has 0 saturated heterocycles. The molecule has 0 saturated carbocycles. The van der Waals surface area contributed by atoms with Crippen molar-refractivity contribution in [2.24, 2.45) is 0 Å². The number of nitrogens with zero attached hydrogens (tertiary/aromatic N) is 2. The first-order chi connectivity index (χ1) is 13.9. The predicted molar refractivity (Wildman–Crippen MR) is 119 cm³/mol. The Hall–Kier alpha value is -2.73. The van der Waals surface area contributed by atoms with Crippen LogP contribution in [0.2, 0.25) is 0 Å². The van der Waals surface area contributed by atoms with E-state index in [-0.39, 0.29) is 5.91 Å². The van der Waals surface area contributed by atoms with E-state index < -0.39 is 0 Å². The second-order valence-corrected chi connectivity index (χ2v) is 8.21. The average Bonchev–Trinajstić information content (AvgIpc) is 3.15. The van der Waals surface area contributed by atoms with Crippen LogP contribution in [0.3, 0.4) is 0 Å². The van der Waals surface area contributed by atoms with E-state index in [4.69, 9.17) is 4.74 Å². The van der Waals surface area contributed by atoms with Crippen LogP contribution in [0.15, 0.2) is 30.3 Å².